The van der Waals surface area contributed by atoms with Gasteiger partial charge in [-0.1, -0.05) is 20.8 Å². The summed E-state index contributed by atoms with van der Waals surface area (Å²) >= 11 is 1.28. The largest absolute Gasteiger partial charge is 0.356 e. The van der Waals surface area contributed by atoms with Gasteiger partial charge in [-0.3, -0.25) is 4.79 Å². The minimum atomic E-state index is -3.48. The van der Waals surface area contributed by atoms with E-state index in [1.807, 2.05) is 19.9 Å². The number of hydrogen-bond acceptors (Lipinski definition) is 5. The number of carbonyl (C=O) groups excluding carboxylic acids is 1. The molecule has 2 heterocycles. The van der Waals surface area contributed by atoms with Crippen LogP contribution in [0.25, 0.3) is 0 Å². The Labute approximate surface area is 154 Å². The van der Waals surface area contributed by atoms with Crippen molar-refractivity contribution in [2.75, 3.05) is 19.6 Å². The maximum atomic E-state index is 12.6. The normalized spacial score (nSPS) is 21.4. The van der Waals surface area contributed by atoms with Crippen LogP contribution in [-0.2, 0) is 21.2 Å². The molecule has 2 unspecified atom stereocenters. The SMILES string of the molecule is CC(C)CC(=O)NCCc1ccc(S(=O)(=O)NC2CCNCC2C)s1. The van der Waals surface area contributed by atoms with E-state index in [1.165, 1.54) is 11.3 Å². The van der Waals surface area contributed by atoms with Crippen molar-refractivity contribution in [2.24, 2.45) is 11.8 Å². The topological polar surface area (TPSA) is 87.3 Å². The number of nitrogens with one attached hydrogen (secondary N) is 3. The fraction of sp³-hybridized carbons (Fsp3) is 0.706. The summed E-state index contributed by atoms with van der Waals surface area (Å²) in [4.78, 5) is 12.6. The summed E-state index contributed by atoms with van der Waals surface area (Å²) in [5.41, 5.74) is 0. The first-order valence-corrected chi connectivity index (χ1v) is 11.2. The summed E-state index contributed by atoms with van der Waals surface area (Å²) in [6.45, 7) is 8.27. The molecule has 1 aliphatic rings. The van der Waals surface area contributed by atoms with Gasteiger partial charge in [0.2, 0.25) is 15.9 Å². The minimum Gasteiger partial charge on any atom is -0.356 e. The van der Waals surface area contributed by atoms with Crippen LogP contribution in [0.15, 0.2) is 16.3 Å². The fourth-order valence-electron chi connectivity index (χ4n) is 2.85. The van der Waals surface area contributed by atoms with Crippen molar-refractivity contribution in [3.63, 3.8) is 0 Å². The third-order valence-electron chi connectivity index (χ3n) is 4.28. The summed E-state index contributed by atoms with van der Waals surface area (Å²) in [7, 11) is -3.48. The monoisotopic (exact) mass is 387 g/mol. The first kappa shape index (κ1) is 20.4. The molecular weight excluding hydrogens is 358 g/mol. The Morgan fingerprint density at radius 3 is 2.84 bits per heavy atom. The predicted octanol–water partition coefficient (Wildman–Crippen LogP) is 1.73. The third kappa shape index (κ3) is 6.36. The van der Waals surface area contributed by atoms with Crippen LogP contribution in [0.1, 0.15) is 38.5 Å². The van der Waals surface area contributed by atoms with Gasteiger partial charge in [-0.25, -0.2) is 13.1 Å². The molecule has 2 rings (SSSR count). The highest BCUT2D eigenvalue weighted by Gasteiger charge is 2.27. The van der Waals surface area contributed by atoms with Crippen LogP contribution < -0.4 is 15.4 Å². The molecule has 25 heavy (non-hydrogen) atoms. The Morgan fingerprint density at radius 2 is 2.16 bits per heavy atom. The molecule has 3 N–H and O–H groups in total. The van der Waals surface area contributed by atoms with Gasteiger partial charge in [-0.15, -0.1) is 11.3 Å². The van der Waals surface area contributed by atoms with Gasteiger partial charge < -0.3 is 10.6 Å². The molecule has 0 aliphatic carbocycles. The average molecular weight is 388 g/mol. The van der Waals surface area contributed by atoms with Crippen LogP contribution in [0.4, 0.5) is 0 Å². The molecule has 6 nitrogen and oxygen atoms in total. The predicted molar refractivity (Wildman–Crippen MR) is 101 cm³/mol. The zero-order valence-electron chi connectivity index (χ0n) is 15.2. The van der Waals surface area contributed by atoms with Crippen molar-refractivity contribution in [1.82, 2.24) is 15.4 Å². The Balaban J connectivity index is 1.87. The molecule has 8 heteroatoms. The summed E-state index contributed by atoms with van der Waals surface area (Å²) in [6, 6.07) is 3.47. The highest BCUT2D eigenvalue weighted by Crippen LogP contribution is 2.23. The van der Waals surface area contributed by atoms with Crippen molar-refractivity contribution in [2.45, 2.75) is 50.3 Å². The molecule has 0 saturated carbocycles. The number of amides is 1. The molecule has 1 saturated heterocycles. The minimum absolute atomic E-state index is 0.0212. The van der Waals surface area contributed by atoms with Crippen LogP contribution in [-0.4, -0.2) is 40.0 Å². The van der Waals surface area contributed by atoms with E-state index >= 15 is 0 Å². The van der Waals surface area contributed by atoms with E-state index in [0.717, 1.165) is 24.4 Å². The van der Waals surface area contributed by atoms with Crippen molar-refractivity contribution in [3.8, 4) is 0 Å². The summed E-state index contributed by atoms with van der Waals surface area (Å²) in [6.07, 6.45) is 1.97. The van der Waals surface area contributed by atoms with E-state index < -0.39 is 10.0 Å². The standard InChI is InChI=1S/C17H29N3O3S2/c1-12(2)10-16(21)19-9-6-14-4-5-17(24-14)25(22,23)20-15-7-8-18-11-13(15)3/h4-5,12-13,15,18,20H,6-11H2,1-3H3,(H,19,21). The molecule has 0 bridgehead atoms. The molecule has 0 radical (unpaired) electrons. The quantitative estimate of drug-likeness (QED) is 0.634. The number of rotatable bonds is 8. The maximum absolute atomic E-state index is 12.6. The lowest BCUT2D eigenvalue weighted by molar-refractivity contribution is -0.121. The Kier molecular flexibility index (Phi) is 7.42. The molecule has 2 atom stereocenters. The van der Waals surface area contributed by atoms with Gasteiger partial charge in [0.05, 0.1) is 0 Å². The second kappa shape index (κ2) is 9.12. The summed E-state index contributed by atoms with van der Waals surface area (Å²) in [5, 5.41) is 6.15. The first-order chi connectivity index (χ1) is 11.8. The van der Waals surface area contributed by atoms with Crippen LogP contribution in [0.2, 0.25) is 0 Å². The van der Waals surface area contributed by atoms with Crippen molar-refractivity contribution in [3.05, 3.63) is 17.0 Å². The molecule has 1 aromatic heterocycles. The molecule has 1 aliphatic heterocycles. The second-order valence-corrected chi connectivity index (χ2v) is 10.2. The van der Waals surface area contributed by atoms with Gasteiger partial charge in [0, 0.05) is 23.9 Å². The molecule has 0 aromatic carbocycles. The molecule has 0 spiro atoms. The van der Waals surface area contributed by atoms with E-state index in [9.17, 15) is 13.2 Å². The van der Waals surface area contributed by atoms with Gasteiger partial charge in [0.1, 0.15) is 4.21 Å². The van der Waals surface area contributed by atoms with E-state index in [0.29, 0.717) is 29.5 Å². The Bertz CT molecular complexity index is 670. The summed E-state index contributed by atoms with van der Waals surface area (Å²) < 4.78 is 28.3. The second-order valence-electron chi connectivity index (χ2n) is 7.12. The number of thiophene rings is 1. The van der Waals surface area contributed by atoms with E-state index in [1.54, 1.807) is 6.07 Å². The molecule has 1 amide bonds. The Morgan fingerprint density at radius 1 is 1.40 bits per heavy atom. The van der Waals surface area contributed by atoms with Gasteiger partial charge in [-0.05, 0) is 49.9 Å². The molecule has 1 fully saturated rings. The van der Waals surface area contributed by atoms with Gasteiger partial charge >= 0.3 is 0 Å². The van der Waals surface area contributed by atoms with E-state index in [2.05, 4.69) is 22.3 Å². The zero-order valence-corrected chi connectivity index (χ0v) is 16.8. The van der Waals surface area contributed by atoms with Gasteiger partial charge in [0.15, 0.2) is 0 Å². The number of hydrogen-bond donors (Lipinski definition) is 3. The highest BCUT2D eigenvalue weighted by molar-refractivity contribution is 7.91. The number of sulfonamides is 1. The lowest BCUT2D eigenvalue weighted by atomic mass is 9.97. The molecule has 142 valence electrons. The van der Waals surface area contributed by atoms with Crippen LogP contribution >= 0.6 is 11.3 Å². The molecular formula is C17H29N3O3S2. The number of piperidine rings is 1. The van der Waals surface area contributed by atoms with Crippen LogP contribution in [0, 0.1) is 11.8 Å². The smallest absolute Gasteiger partial charge is 0.250 e. The van der Waals surface area contributed by atoms with Gasteiger partial charge in [0.25, 0.3) is 0 Å². The number of carbonyl (C=O) groups is 1. The van der Waals surface area contributed by atoms with Crippen LogP contribution in [0.5, 0.6) is 0 Å². The highest BCUT2D eigenvalue weighted by atomic mass is 32.2. The maximum Gasteiger partial charge on any atom is 0.250 e. The fourth-order valence-corrected chi connectivity index (χ4v) is 5.60. The first-order valence-electron chi connectivity index (χ1n) is 8.86. The zero-order chi connectivity index (χ0) is 18.4. The lowest BCUT2D eigenvalue weighted by Gasteiger charge is -2.29. The van der Waals surface area contributed by atoms with Crippen LogP contribution in [0.3, 0.4) is 0 Å². The van der Waals surface area contributed by atoms with Crippen molar-refractivity contribution >= 4 is 27.3 Å². The third-order valence-corrected chi connectivity index (χ3v) is 7.41. The molecule has 1 aromatic rings. The van der Waals surface area contributed by atoms with Crippen molar-refractivity contribution < 1.29 is 13.2 Å². The lowest BCUT2D eigenvalue weighted by Crippen LogP contribution is -2.48. The van der Waals surface area contributed by atoms with Crippen molar-refractivity contribution in [1.29, 1.82) is 0 Å². The van der Waals surface area contributed by atoms with Gasteiger partial charge in [-0.2, -0.15) is 0 Å². The summed E-state index contributed by atoms with van der Waals surface area (Å²) in [5.74, 6) is 0.655. The van der Waals surface area contributed by atoms with E-state index in [-0.39, 0.29) is 17.9 Å². The average Bonchev–Trinajstić information content (AvgIpc) is 2.98. The van der Waals surface area contributed by atoms with E-state index in [4.69, 9.17) is 0 Å². The Hall–Kier alpha value is -0.960.